The van der Waals surface area contributed by atoms with Crippen molar-refractivity contribution in [2.45, 2.75) is 13.0 Å². The summed E-state index contributed by atoms with van der Waals surface area (Å²) < 4.78 is 5.41. The molecule has 0 saturated carbocycles. The molecule has 134 valence electrons. The van der Waals surface area contributed by atoms with E-state index in [2.05, 4.69) is 36.2 Å². The zero-order valence-corrected chi connectivity index (χ0v) is 16.1. The van der Waals surface area contributed by atoms with Crippen LogP contribution in [0.15, 0.2) is 48.7 Å². The predicted molar refractivity (Wildman–Crippen MR) is 106 cm³/mol. The summed E-state index contributed by atoms with van der Waals surface area (Å²) in [7, 11) is 5.94. The molecule has 0 radical (unpaired) electrons. The predicted octanol–water partition coefficient (Wildman–Crippen LogP) is 1.99. The third-order valence-electron chi connectivity index (χ3n) is 4.05. The Morgan fingerprint density at radius 2 is 1.96 bits per heavy atom. The third kappa shape index (κ3) is 5.41. The average molecular weight is 360 g/mol. The summed E-state index contributed by atoms with van der Waals surface area (Å²) in [5.74, 6) is 0.772. The summed E-state index contributed by atoms with van der Waals surface area (Å²) in [4.78, 5) is 8.04. The lowest BCUT2D eigenvalue weighted by Gasteiger charge is -2.32. The van der Waals surface area contributed by atoms with Crippen molar-refractivity contribution in [1.29, 1.82) is 0 Å². The molecule has 2 rings (SSSR count). The van der Waals surface area contributed by atoms with Crippen molar-refractivity contribution >= 4 is 23.0 Å². The quantitative estimate of drug-likeness (QED) is 0.740. The molecular weight excluding hydrogens is 332 g/mol. The number of hydrogen-bond acceptors (Lipinski definition) is 3. The summed E-state index contributed by atoms with van der Waals surface area (Å²) >= 11 is 5.72. The molecule has 1 unspecified atom stereocenters. The minimum absolute atomic E-state index is 0.0789. The van der Waals surface area contributed by atoms with E-state index in [1.165, 1.54) is 4.90 Å². The molecule has 0 aliphatic heterocycles. The summed E-state index contributed by atoms with van der Waals surface area (Å²) in [5, 5.41) is 4.00. The Morgan fingerprint density at radius 1 is 1.24 bits per heavy atom. The Morgan fingerprint density at radius 3 is 2.60 bits per heavy atom. The summed E-state index contributed by atoms with van der Waals surface area (Å²) in [6.07, 6.45) is 1.82. The second-order valence-corrected chi connectivity index (χ2v) is 6.60. The minimum Gasteiger partial charge on any atom is -0.495 e. The van der Waals surface area contributed by atoms with Crippen LogP contribution >= 0.6 is 12.2 Å². The van der Waals surface area contributed by atoms with Gasteiger partial charge in [0.1, 0.15) is 5.75 Å². The number of pyridine rings is 1. The van der Waals surface area contributed by atoms with Crippen LogP contribution in [0.25, 0.3) is 0 Å². The van der Waals surface area contributed by atoms with E-state index in [1.807, 2.05) is 48.7 Å². The SMILES string of the molecule is COc1ccccc1NC(=S)N(CC[NH+](C)C)C(C)c1ccccn1. The fourth-order valence-electron chi connectivity index (χ4n) is 2.53. The number of aromatic nitrogens is 1. The van der Waals surface area contributed by atoms with Gasteiger partial charge in [-0.3, -0.25) is 4.98 Å². The molecule has 25 heavy (non-hydrogen) atoms. The molecule has 0 amide bonds. The van der Waals surface area contributed by atoms with Crippen LogP contribution in [0, 0.1) is 0 Å². The van der Waals surface area contributed by atoms with Crippen molar-refractivity contribution in [2.24, 2.45) is 0 Å². The Bertz CT molecular complexity index is 678. The number of nitrogens with one attached hydrogen (secondary N) is 2. The zero-order chi connectivity index (χ0) is 18.2. The lowest BCUT2D eigenvalue weighted by molar-refractivity contribution is -0.857. The topological polar surface area (TPSA) is 41.8 Å². The lowest BCUT2D eigenvalue weighted by Crippen LogP contribution is -3.06. The van der Waals surface area contributed by atoms with Crippen LogP contribution in [0.5, 0.6) is 5.75 Å². The van der Waals surface area contributed by atoms with Gasteiger partial charge in [0, 0.05) is 6.20 Å². The van der Waals surface area contributed by atoms with Gasteiger partial charge in [-0.1, -0.05) is 18.2 Å². The molecular formula is C19H27N4OS+. The van der Waals surface area contributed by atoms with E-state index >= 15 is 0 Å². The first-order valence-corrected chi connectivity index (χ1v) is 8.84. The van der Waals surface area contributed by atoms with Crippen molar-refractivity contribution in [2.75, 3.05) is 39.6 Å². The first kappa shape index (κ1) is 19.1. The van der Waals surface area contributed by atoms with Crippen molar-refractivity contribution in [3.8, 4) is 5.75 Å². The number of ether oxygens (including phenoxy) is 1. The van der Waals surface area contributed by atoms with Crippen molar-refractivity contribution < 1.29 is 9.64 Å². The average Bonchev–Trinajstić information content (AvgIpc) is 2.62. The van der Waals surface area contributed by atoms with Gasteiger partial charge >= 0.3 is 0 Å². The van der Waals surface area contributed by atoms with Crippen molar-refractivity contribution in [1.82, 2.24) is 9.88 Å². The highest BCUT2D eigenvalue weighted by atomic mass is 32.1. The maximum atomic E-state index is 5.72. The fourth-order valence-corrected chi connectivity index (χ4v) is 2.89. The number of methoxy groups -OCH3 is 1. The number of rotatable bonds is 7. The number of quaternary nitrogens is 1. The first-order chi connectivity index (χ1) is 12.0. The first-order valence-electron chi connectivity index (χ1n) is 8.43. The van der Waals surface area contributed by atoms with Gasteiger partial charge in [-0.2, -0.15) is 0 Å². The number of nitrogens with zero attached hydrogens (tertiary/aromatic N) is 2. The molecule has 2 N–H and O–H groups in total. The summed E-state index contributed by atoms with van der Waals surface area (Å²) in [6.45, 7) is 3.94. The van der Waals surface area contributed by atoms with Crippen molar-refractivity contribution in [3.05, 3.63) is 54.4 Å². The summed E-state index contributed by atoms with van der Waals surface area (Å²) in [5.41, 5.74) is 1.87. The zero-order valence-electron chi connectivity index (χ0n) is 15.3. The highest BCUT2D eigenvalue weighted by Gasteiger charge is 2.21. The van der Waals surface area contributed by atoms with E-state index in [9.17, 15) is 0 Å². The van der Waals surface area contributed by atoms with Crippen LogP contribution in [0.4, 0.5) is 5.69 Å². The highest BCUT2D eigenvalue weighted by molar-refractivity contribution is 7.80. The maximum Gasteiger partial charge on any atom is 0.174 e. The molecule has 0 bridgehead atoms. The van der Waals surface area contributed by atoms with E-state index < -0.39 is 0 Å². The van der Waals surface area contributed by atoms with Gasteiger partial charge in [0.25, 0.3) is 0 Å². The molecule has 1 atom stereocenters. The van der Waals surface area contributed by atoms with Crippen LogP contribution in [0.3, 0.4) is 0 Å². The molecule has 0 fully saturated rings. The van der Waals surface area contributed by atoms with Gasteiger partial charge in [0.05, 0.1) is 51.7 Å². The molecule has 0 aliphatic carbocycles. The second-order valence-electron chi connectivity index (χ2n) is 6.21. The normalized spacial score (nSPS) is 11.9. The molecule has 0 aliphatic rings. The fraction of sp³-hybridized carbons (Fsp3) is 0.368. The summed E-state index contributed by atoms with van der Waals surface area (Å²) in [6, 6.07) is 13.8. The molecule has 1 heterocycles. The smallest absolute Gasteiger partial charge is 0.174 e. The van der Waals surface area contributed by atoms with Crippen LogP contribution in [0.2, 0.25) is 0 Å². The van der Waals surface area contributed by atoms with Gasteiger partial charge in [-0.05, 0) is 43.4 Å². The largest absolute Gasteiger partial charge is 0.495 e. The standard InChI is InChI=1S/C19H26N4OS/c1-15(16-9-7-8-12-20-16)23(14-13-22(2)3)19(25)21-17-10-5-6-11-18(17)24-4/h5-12,15H,13-14H2,1-4H3,(H,21,25)/p+1. The van der Waals surface area contributed by atoms with Gasteiger partial charge in [-0.25, -0.2) is 0 Å². The van der Waals surface area contributed by atoms with Gasteiger partial charge in [0.15, 0.2) is 5.11 Å². The van der Waals surface area contributed by atoms with E-state index in [0.717, 1.165) is 30.2 Å². The monoisotopic (exact) mass is 359 g/mol. The Balaban J connectivity index is 2.20. The number of likely N-dealkylation sites (N-methyl/N-ethyl adjacent to an activating group) is 1. The maximum absolute atomic E-state index is 5.72. The Labute approximate surface area is 155 Å². The molecule has 1 aromatic heterocycles. The number of benzene rings is 1. The molecule has 0 saturated heterocycles. The van der Waals surface area contributed by atoms with Crippen LogP contribution in [-0.2, 0) is 0 Å². The molecule has 6 heteroatoms. The number of anilines is 1. The molecule has 1 aromatic carbocycles. The Kier molecular flexibility index (Phi) is 7.16. The minimum atomic E-state index is 0.0789. The third-order valence-corrected chi connectivity index (χ3v) is 4.38. The van der Waals surface area contributed by atoms with E-state index in [0.29, 0.717) is 5.11 Å². The van der Waals surface area contributed by atoms with Crippen LogP contribution in [0.1, 0.15) is 18.7 Å². The van der Waals surface area contributed by atoms with E-state index in [4.69, 9.17) is 17.0 Å². The lowest BCUT2D eigenvalue weighted by atomic mass is 10.2. The van der Waals surface area contributed by atoms with E-state index in [1.54, 1.807) is 7.11 Å². The molecule has 2 aromatic rings. The number of hydrogen-bond donors (Lipinski definition) is 2. The number of para-hydroxylation sites is 2. The number of thiocarbonyl (C=S) groups is 1. The highest BCUT2D eigenvalue weighted by Crippen LogP contribution is 2.25. The van der Waals surface area contributed by atoms with E-state index in [-0.39, 0.29) is 6.04 Å². The van der Waals surface area contributed by atoms with Crippen molar-refractivity contribution in [3.63, 3.8) is 0 Å². The van der Waals surface area contributed by atoms with Crippen LogP contribution < -0.4 is 15.0 Å². The molecule has 5 nitrogen and oxygen atoms in total. The Hall–Kier alpha value is -2.18. The molecule has 0 spiro atoms. The van der Waals surface area contributed by atoms with Gasteiger partial charge in [0.2, 0.25) is 0 Å². The van der Waals surface area contributed by atoms with Crippen LogP contribution in [-0.4, -0.2) is 49.3 Å². The van der Waals surface area contributed by atoms with Gasteiger partial charge < -0.3 is 19.9 Å². The second kappa shape index (κ2) is 9.34. The van der Waals surface area contributed by atoms with Gasteiger partial charge in [-0.15, -0.1) is 0 Å².